The molecule has 2 saturated heterocycles. The molecule has 0 bridgehead atoms. The summed E-state index contributed by atoms with van der Waals surface area (Å²) in [7, 11) is 2.93. The van der Waals surface area contributed by atoms with Crippen LogP contribution in [0.2, 0.25) is 0 Å². The van der Waals surface area contributed by atoms with Gasteiger partial charge in [0, 0.05) is 37.5 Å². The Labute approximate surface area is 290 Å². The Kier molecular flexibility index (Phi) is 10.6. The third-order valence-corrected chi connectivity index (χ3v) is 9.83. The minimum atomic E-state index is -0.580. The molecule has 6 atom stereocenters. The molecule has 0 aromatic heterocycles. The quantitative estimate of drug-likeness (QED) is 0.116. The molecule has 50 heavy (non-hydrogen) atoms. The fourth-order valence-electron chi connectivity index (χ4n) is 7.29. The average molecular weight is 683 g/mol. The van der Waals surface area contributed by atoms with Gasteiger partial charge in [-0.1, -0.05) is 36.4 Å². The van der Waals surface area contributed by atoms with E-state index in [9.17, 15) is 30.0 Å². The molecule has 262 valence electrons. The maximum absolute atomic E-state index is 13.6. The fourth-order valence-corrected chi connectivity index (χ4v) is 7.29. The number of methoxy groups -OCH3 is 2. The van der Waals surface area contributed by atoms with Gasteiger partial charge in [-0.25, -0.2) is 0 Å². The highest BCUT2D eigenvalue weighted by atomic mass is 16.5. The maximum Gasteiger partial charge on any atom is 0.160 e. The Morgan fingerprint density at radius 2 is 0.960 bits per heavy atom. The van der Waals surface area contributed by atoms with Gasteiger partial charge < -0.3 is 39.4 Å². The summed E-state index contributed by atoms with van der Waals surface area (Å²) in [5, 5.41) is 40.0. The molecule has 0 aliphatic carbocycles. The van der Waals surface area contributed by atoms with E-state index in [0.29, 0.717) is 12.8 Å². The second-order valence-corrected chi connectivity index (χ2v) is 13.0. The smallest absolute Gasteiger partial charge is 0.160 e. The SMILES string of the molecule is COc1cc([C@@H]2O[C@@H](CC(=O)CCc3ccc(O)cc3)[C@@H]3[C@H]2[C@H](CC(=O)CCc2ccc(O)cc2)O[C@H]3c2ccc(O)c(OC)c2)ccc1O. The van der Waals surface area contributed by atoms with Crippen molar-refractivity contribution in [1.29, 1.82) is 0 Å². The summed E-state index contributed by atoms with van der Waals surface area (Å²) in [6.07, 6.45) is -0.514. The summed E-state index contributed by atoms with van der Waals surface area (Å²) in [4.78, 5) is 27.1. The van der Waals surface area contributed by atoms with Crippen molar-refractivity contribution in [2.45, 2.75) is 62.9 Å². The lowest BCUT2D eigenvalue weighted by molar-refractivity contribution is -0.125. The molecule has 10 heteroatoms. The molecule has 4 aromatic carbocycles. The second-order valence-electron chi connectivity index (χ2n) is 13.0. The molecule has 4 N–H and O–H groups in total. The van der Waals surface area contributed by atoms with E-state index in [2.05, 4.69) is 0 Å². The first-order chi connectivity index (χ1) is 24.1. The summed E-state index contributed by atoms with van der Waals surface area (Å²) < 4.78 is 24.4. The number of ether oxygens (including phenoxy) is 4. The van der Waals surface area contributed by atoms with Crippen molar-refractivity contribution in [1.82, 2.24) is 0 Å². The molecule has 4 aromatic rings. The van der Waals surface area contributed by atoms with Gasteiger partial charge in [0.25, 0.3) is 0 Å². The molecule has 6 rings (SSSR count). The normalized spacial score (nSPS) is 22.6. The van der Waals surface area contributed by atoms with E-state index >= 15 is 0 Å². The van der Waals surface area contributed by atoms with Crippen LogP contribution in [0.3, 0.4) is 0 Å². The van der Waals surface area contributed by atoms with Crippen LogP contribution in [0, 0.1) is 11.8 Å². The molecule has 2 aliphatic rings. The standard InChI is InChI=1S/C40H42O10/c1-47-33-19-25(9-17-31(33)45)39-37-35(21-29(43)15-7-23-3-11-27(41)12-4-23)50-40(26-10-18-32(46)34(20-26)48-2)38(37)36(49-39)22-30(44)16-8-24-5-13-28(42)14-6-24/h3-6,9-14,17-20,35-42,45-46H,7-8,15-16,21-22H2,1-2H3/t35-,36-,37+,38+,39-,40-/m0/s1. The zero-order chi connectivity index (χ0) is 35.4. The lowest BCUT2D eigenvalue weighted by Crippen LogP contribution is -2.27. The lowest BCUT2D eigenvalue weighted by Gasteiger charge is -2.25. The number of aromatic hydroxyl groups is 4. The van der Waals surface area contributed by atoms with Crippen LogP contribution in [0.25, 0.3) is 0 Å². The van der Waals surface area contributed by atoms with Gasteiger partial charge >= 0.3 is 0 Å². The first-order valence-electron chi connectivity index (χ1n) is 16.8. The van der Waals surface area contributed by atoms with Crippen LogP contribution in [0.15, 0.2) is 84.9 Å². The van der Waals surface area contributed by atoms with Gasteiger partial charge in [-0.05, 0) is 83.6 Å². The largest absolute Gasteiger partial charge is 0.508 e. The molecule has 2 aliphatic heterocycles. The summed E-state index contributed by atoms with van der Waals surface area (Å²) in [5.74, 6) is 0.134. The molecule has 0 spiro atoms. The number of carbonyl (C=O) groups is 2. The van der Waals surface area contributed by atoms with E-state index in [1.54, 1.807) is 84.9 Å². The van der Waals surface area contributed by atoms with Crippen LogP contribution >= 0.6 is 0 Å². The average Bonchev–Trinajstić information content (AvgIpc) is 3.67. The number of hydrogen-bond donors (Lipinski definition) is 4. The third-order valence-electron chi connectivity index (χ3n) is 9.83. The summed E-state index contributed by atoms with van der Waals surface area (Å²) in [6.45, 7) is 0. The van der Waals surface area contributed by atoms with E-state index < -0.39 is 24.4 Å². The Morgan fingerprint density at radius 1 is 0.580 bits per heavy atom. The van der Waals surface area contributed by atoms with Crippen molar-refractivity contribution in [2.75, 3.05) is 14.2 Å². The van der Waals surface area contributed by atoms with Crippen molar-refractivity contribution in [3.05, 3.63) is 107 Å². The Hall–Kier alpha value is -5.06. The monoisotopic (exact) mass is 682 g/mol. The molecule has 2 heterocycles. The van der Waals surface area contributed by atoms with Gasteiger partial charge in [0.2, 0.25) is 0 Å². The summed E-state index contributed by atoms with van der Waals surface area (Å²) in [6, 6.07) is 23.6. The number of rotatable bonds is 14. The van der Waals surface area contributed by atoms with Crippen molar-refractivity contribution in [3.63, 3.8) is 0 Å². The third kappa shape index (κ3) is 7.72. The Bertz CT molecular complexity index is 1670. The van der Waals surface area contributed by atoms with Gasteiger partial charge in [0.1, 0.15) is 23.1 Å². The molecule has 10 nitrogen and oxygen atoms in total. The fraction of sp³-hybridized carbons (Fsp3) is 0.350. The first kappa shape index (κ1) is 34.8. The second kappa shape index (κ2) is 15.2. The molecular formula is C40H42O10. The van der Waals surface area contributed by atoms with Crippen LogP contribution in [0.5, 0.6) is 34.5 Å². The number of phenols is 4. The number of hydrogen-bond acceptors (Lipinski definition) is 10. The van der Waals surface area contributed by atoms with E-state index in [1.165, 1.54) is 14.2 Å². The van der Waals surface area contributed by atoms with Crippen molar-refractivity contribution < 1.29 is 49.0 Å². The number of Topliss-reactive ketones (excluding diaryl/α,β-unsaturated/α-hetero) is 2. The molecule has 0 unspecified atom stereocenters. The first-order valence-corrected chi connectivity index (χ1v) is 16.8. The molecule has 0 amide bonds. The zero-order valence-corrected chi connectivity index (χ0v) is 28.0. The lowest BCUT2D eigenvalue weighted by atomic mass is 9.77. The van der Waals surface area contributed by atoms with E-state index in [-0.39, 0.29) is 83.6 Å². The molecular weight excluding hydrogens is 640 g/mol. The number of carbonyl (C=O) groups excluding carboxylic acids is 2. The number of ketones is 2. The Balaban J connectivity index is 1.31. The van der Waals surface area contributed by atoms with Crippen LogP contribution in [-0.4, -0.2) is 58.4 Å². The van der Waals surface area contributed by atoms with Crippen molar-refractivity contribution in [2.24, 2.45) is 11.8 Å². The number of fused-ring (bicyclic) bond motifs is 1. The number of phenolic OH excluding ortho intramolecular Hbond substituents is 4. The maximum atomic E-state index is 13.6. The topological polar surface area (TPSA) is 152 Å². The predicted molar refractivity (Wildman–Crippen MR) is 184 cm³/mol. The van der Waals surface area contributed by atoms with E-state index in [4.69, 9.17) is 18.9 Å². The van der Waals surface area contributed by atoms with Gasteiger partial charge in [0.05, 0.1) is 38.6 Å². The molecule has 2 fully saturated rings. The van der Waals surface area contributed by atoms with E-state index in [1.807, 2.05) is 0 Å². The summed E-state index contributed by atoms with van der Waals surface area (Å²) in [5.41, 5.74) is 3.31. The van der Waals surface area contributed by atoms with Crippen molar-refractivity contribution in [3.8, 4) is 34.5 Å². The molecule has 0 radical (unpaired) electrons. The Morgan fingerprint density at radius 3 is 1.32 bits per heavy atom. The predicted octanol–water partition coefficient (Wildman–Crippen LogP) is 6.52. The highest BCUT2D eigenvalue weighted by Crippen LogP contribution is 2.58. The highest BCUT2D eigenvalue weighted by Gasteiger charge is 2.58. The van der Waals surface area contributed by atoms with Crippen LogP contribution < -0.4 is 9.47 Å². The molecule has 0 saturated carbocycles. The van der Waals surface area contributed by atoms with Gasteiger partial charge in [-0.2, -0.15) is 0 Å². The van der Waals surface area contributed by atoms with Gasteiger partial charge in [-0.15, -0.1) is 0 Å². The highest BCUT2D eigenvalue weighted by molar-refractivity contribution is 5.80. The van der Waals surface area contributed by atoms with Crippen LogP contribution in [-0.2, 0) is 31.9 Å². The van der Waals surface area contributed by atoms with Gasteiger partial charge in [-0.3, -0.25) is 9.59 Å². The van der Waals surface area contributed by atoms with Gasteiger partial charge in [0.15, 0.2) is 23.0 Å². The minimum Gasteiger partial charge on any atom is -0.508 e. The number of benzene rings is 4. The van der Waals surface area contributed by atoms with E-state index in [0.717, 1.165) is 22.3 Å². The van der Waals surface area contributed by atoms with Crippen LogP contribution in [0.4, 0.5) is 0 Å². The minimum absolute atomic E-state index is 0.00113. The van der Waals surface area contributed by atoms with Crippen molar-refractivity contribution >= 4 is 11.6 Å². The zero-order valence-electron chi connectivity index (χ0n) is 28.0. The summed E-state index contributed by atoms with van der Waals surface area (Å²) >= 11 is 0. The number of aryl methyl sites for hydroxylation is 2. The van der Waals surface area contributed by atoms with Crippen LogP contribution in [0.1, 0.15) is 60.1 Å².